The van der Waals surface area contributed by atoms with E-state index in [1.807, 2.05) is 13.8 Å². The van der Waals surface area contributed by atoms with Gasteiger partial charge in [0.1, 0.15) is 158 Å². The number of aromatic nitrogens is 2. The number of esters is 5. The monoisotopic (exact) mass is 2150 g/mol. The van der Waals surface area contributed by atoms with E-state index in [1.165, 1.54) is 73.8 Å². The van der Waals surface area contributed by atoms with E-state index in [0.29, 0.717) is 77.4 Å². The number of carbonyl (C=O) groups is 10. The van der Waals surface area contributed by atoms with E-state index < -0.39 is 207 Å². The smallest absolute Gasteiger partial charge is 0.416 e. The minimum atomic E-state index is -4.74. The van der Waals surface area contributed by atoms with Crippen molar-refractivity contribution in [3.05, 3.63) is 294 Å². The average Bonchev–Trinajstić information content (AvgIpc) is 1.60. The minimum Gasteiger partial charge on any atom is -0.497 e. The van der Waals surface area contributed by atoms with Crippen LogP contribution in [0.3, 0.4) is 0 Å². The molecule has 0 aliphatic carbocycles. The lowest BCUT2D eigenvalue weighted by Crippen LogP contribution is -2.39. The van der Waals surface area contributed by atoms with Crippen molar-refractivity contribution < 1.29 is 152 Å². The van der Waals surface area contributed by atoms with Crippen LogP contribution in [0.1, 0.15) is 192 Å². The number of alkyl halides is 5. The van der Waals surface area contributed by atoms with Crippen LogP contribution in [0.15, 0.2) is 191 Å². The van der Waals surface area contributed by atoms with Crippen LogP contribution >= 0.6 is 34.8 Å². The first-order chi connectivity index (χ1) is 69.4. The van der Waals surface area contributed by atoms with Gasteiger partial charge >= 0.3 is 42.6 Å². The third-order valence-electron chi connectivity index (χ3n) is 19.9. The lowest BCUT2D eigenvalue weighted by Gasteiger charge is -2.27. The van der Waals surface area contributed by atoms with Crippen LogP contribution in [0.5, 0.6) is 17.2 Å². The van der Waals surface area contributed by atoms with Crippen LogP contribution in [-0.4, -0.2) is 150 Å². The van der Waals surface area contributed by atoms with E-state index >= 15 is 0 Å². The van der Waals surface area contributed by atoms with Crippen molar-refractivity contribution in [3.63, 3.8) is 0 Å². The number of halogens is 16. The summed E-state index contributed by atoms with van der Waals surface area (Å²) in [6.45, 7) is 23.0. The third-order valence-corrected chi connectivity index (χ3v) is 20.7. The number of amides is 5. The predicted molar refractivity (Wildman–Crippen MR) is 528 cm³/mol. The van der Waals surface area contributed by atoms with Crippen molar-refractivity contribution in [1.29, 1.82) is 0 Å². The molecule has 0 saturated heterocycles. The Morgan fingerprint density at radius 2 is 0.685 bits per heavy atom. The molecule has 5 amide bonds. The first-order valence-corrected chi connectivity index (χ1v) is 46.5. The van der Waals surface area contributed by atoms with Crippen molar-refractivity contribution in [3.8, 4) is 17.2 Å². The van der Waals surface area contributed by atoms with E-state index in [1.54, 1.807) is 134 Å². The van der Waals surface area contributed by atoms with Crippen LogP contribution in [0.2, 0.25) is 15.1 Å². The van der Waals surface area contributed by atoms with Gasteiger partial charge in [0.25, 0.3) is 29.5 Å². The molecule has 0 spiro atoms. The molecule has 1 aliphatic heterocycles. The van der Waals surface area contributed by atoms with E-state index in [2.05, 4.69) is 14.7 Å². The van der Waals surface area contributed by atoms with Crippen LogP contribution in [0.4, 0.5) is 85.5 Å². The quantitative estimate of drug-likeness (QED) is 0.0291. The summed E-state index contributed by atoms with van der Waals surface area (Å²) >= 11 is 18.1. The van der Waals surface area contributed by atoms with Gasteiger partial charge in [0.05, 0.1) is 34.9 Å². The minimum absolute atomic E-state index is 0.0818. The molecule has 0 atom stereocenters. The Balaban J connectivity index is 0.000000207. The molecule has 10 aromatic carbocycles. The third kappa shape index (κ3) is 33.6. The standard InChI is InChI=1S/2C22H22F2N2O4.C21H19Cl3F3NO4.C21H21F2NO4.C20H19F4NO4/c1-5-18-25-16-11-13(9-10-17(16)29-18)26(12-19(27)30-22(2,3)4)21(28)20-14(23)7-6-8-15(20)24;1-5-18-25-16-10-9-13(11-17(16)29-18)26(12-19(27)30-22(2,3)4)21(28)20-14(23)7-6-8-15(20)24;1-20(2,3)32-17(29)10-28(19(30)18-15(23)7-12(22)8-16(18)24)13-5-11(21(25,26)27)6-14(9-13)31-4;1-21(2,3)28-18(25)12-24(14-7-8-17-13(11-14)9-10-27-17)20(26)19-15(22)5-4-6-16(19)23;1-20(2,3)29-16(26)11-25(12-6-4-7-13(10-12)28-19(23)24)18(27)17-14(21)8-5-9-15(17)22/h2*6-11H,5,12H2,1-4H3;5-9H,10H2,1-4H3;4-8,11H,9-10,12H2,1-3H3;4-10,19H,11H2,1-3H3. The maximum Gasteiger partial charge on any atom is 0.416 e. The first kappa shape index (κ1) is 118. The molecule has 13 rings (SSSR count). The van der Waals surface area contributed by atoms with Crippen molar-refractivity contribution in [2.24, 2.45) is 0 Å². The summed E-state index contributed by atoms with van der Waals surface area (Å²) in [7, 11) is 1.17. The van der Waals surface area contributed by atoms with Gasteiger partial charge in [-0.25, -0.2) is 45.1 Å². The topological polar surface area (TPSA) is 313 Å². The zero-order chi connectivity index (χ0) is 111. The number of ether oxygens (including phenoxy) is 8. The summed E-state index contributed by atoms with van der Waals surface area (Å²) in [5, 5.41) is -0.128. The highest BCUT2D eigenvalue weighted by Crippen LogP contribution is 2.40. The molecule has 3 heterocycles. The summed E-state index contributed by atoms with van der Waals surface area (Å²) in [5.41, 5.74) is -5.35. The molecule has 0 unspecified atom stereocenters. The van der Waals surface area contributed by atoms with Crippen molar-refractivity contribution in [2.45, 2.75) is 178 Å². The summed E-state index contributed by atoms with van der Waals surface area (Å²) in [6, 6.07) is 36.5. The van der Waals surface area contributed by atoms with Gasteiger partial charge < -0.3 is 46.7 Å². The molecule has 2 aromatic heterocycles. The summed E-state index contributed by atoms with van der Waals surface area (Å²) < 4.78 is 231. The van der Waals surface area contributed by atoms with Crippen LogP contribution in [0, 0.1) is 46.5 Å². The molecule has 27 nitrogen and oxygen atoms in total. The number of fused-ring (bicyclic) bond motifs is 3. The highest BCUT2D eigenvalue weighted by molar-refractivity contribution is 6.43. The van der Waals surface area contributed by atoms with Crippen LogP contribution in [0.25, 0.3) is 22.2 Å². The molecule has 149 heavy (non-hydrogen) atoms. The number of hydrogen-bond acceptors (Lipinski definition) is 22. The molecular formula is C106H103Cl3F13N7O20. The Labute approximate surface area is 862 Å². The number of nitrogens with zero attached hydrogens (tertiary/aromatic N) is 7. The predicted octanol–water partition coefficient (Wildman–Crippen LogP) is 24.4. The summed E-state index contributed by atoms with van der Waals surface area (Å²) in [5.74, 6) is -16.1. The maximum absolute atomic E-state index is 14.3. The Morgan fingerprint density at radius 1 is 0.362 bits per heavy atom. The first-order valence-electron chi connectivity index (χ1n) is 45.4. The number of benzene rings is 10. The van der Waals surface area contributed by atoms with Crippen molar-refractivity contribution >= 4 is 145 Å². The van der Waals surface area contributed by atoms with Crippen molar-refractivity contribution in [2.75, 3.05) is 70.9 Å². The second kappa shape index (κ2) is 49.8. The Kier molecular flexibility index (Phi) is 39.4. The number of rotatable bonds is 25. The van der Waals surface area contributed by atoms with Crippen LogP contribution < -0.4 is 38.7 Å². The lowest BCUT2D eigenvalue weighted by atomic mass is 10.1. The maximum atomic E-state index is 14.3. The van der Waals surface area contributed by atoms with Gasteiger partial charge in [0.15, 0.2) is 22.9 Å². The molecule has 1 aliphatic rings. The SMILES string of the molecule is CC(C)(C)OC(=O)CN(C(=O)c1c(F)cccc1F)c1ccc2c(c1)CCO2.CC(C)(C)OC(=O)CN(C(=O)c1c(F)cccc1F)c1cccc(OC(F)F)c1.CCc1nc2cc(N(CC(=O)OC(C)(C)C)C(=O)c3c(F)cccc3F)ccc2o1.CCc1nc2ccc(N(CC(=O)OC(C)(C)C)C(=O)c3c(F)cccc3F)cc2o1.COc1cc(N(CC(=O)OC(C)(C)C)C(=O)c2c(Cl)cc(Cl)cc2Cl)cc(C(F)(F)F)c1. The molecule has 0 fully saturated rings. The molecular weight excluding hydrogens is 2040 g/mol. The molecule has 0 radical (unpaired) electrons. The highest BCUT2D eigenvalue weighted by Gasteiger charge is 2.39. The average molecular weight is 2150 g/mol. The van der Waals surface area contributed by atoms with Gasteiger partial charge in [0, 0.05) is 70.9 Å². The molecule has 0 saturated carbocycles. The van der Waals surface area contributed by atoms with E-state index in [0.717, 1.165) is 109 Å². The number of anilines is 5. The van der Waals surface area contributed by atoms with Gasteiger partial charge in [-0.15, -0.1) is 0 Å². The fourth-order valence-corrected chi connectivity index (χ4v) is 14.9. The Bertz CT molecular complexity index is 6670. The second-order valence-corrected chi connectivity index (χ2v) is 38.7. The molecule has 794 valence electrons. The molecule has 0 bridgehead atoms. The van der Waals surface area contributed by atoms with Gasteiger partial charge in [-0.05, 0) is 243 Å². The van der Waals surface area contributed by atoms with Gasteiger partial charge in [-0.2, -0.15) is 22.0 Å². The fourth-order valence-electron chi connectivity index (χ4n) is 13.9. The largest absolute Gasteiger partial charge is 0.497 e. The van der Waals surface area contributed by atoms with Crippen LogP contribution in [-0.2, 0) is 73.1 Å². The van der Waals surface area contributed by atoms with Gasteiger partial charge in [-0.1, -0.05) is 79.0 Å². The van der Waals surface area contributed by atoms with E-state index in [9.17, 15) is 105 Å². The normalized spacial score (nSPS) is 11.8. The summed E-state index contributed by atoms with van der Waals surface area (Å²) in [4.78, 5) is 140. The zero-order valence-corrected chi connectivity index (χ0v) is 85.9. The van der Waals surface area contributed by atoms with Crippen molar-refractivity contribution in [1.82, 2.24) is 9.97 Å². The number of aryl methyl sites for hydroxylation is 2. The lowest BCUT2D eigenvalue weighted by molar-refractivity contribution is -0.154. The fraction of sp³-hybridized carbons (Fsp3) is 0.321. The number of carbonyl (C=O) groups excluding carboxylic acids is 10. The Morgan fingerprint density at radius 3 is 1.05 bits per heavy atom. The molecule has 43 heteroatoms. The highest BCUT2D eigenvalue weighted by atomic mass is 35.5. The van der Waals surface area contributed by atoms with Gasteiger partial charge in [0.2, 0.25) is 0 Å². The number of hydrogen-bond donors (Lipinski definition) is 0. The zero-order valence-electron chi connectivity index (χ0n) is 83.6. The van der Waals surface area contributed by atoms with Gasteiger partial charge in [-0.3, -0.25) is 72.4 Å². The van der Waals surface area contributed by atoms with E-state index in [4.69, 9.17) is 76.8 Å². The molecule has 0 N–H and O–H groups in total. The number of methoxy groups -OCH3 is 1. The number of oxazole rings is 2. The van der Waals surface area contributed by atoms with E-state index in [-0.39, 0.29) is 54.9 Å². The Hall–Kier alpha value is -14.8. The molecule has 12 aromatic rings. The summed E-state index contributed by atoms with van der Waals surface area (Å²) in [6.07, 6.45) is -2.94. The second-order valence-electron chi connectivity index (χ2n) is 37.4.